The van der Waals surface area contributed by atoms with Crippen LogP contribution in [0.3, 0.4) is 0 Å². The zero-order chi connectivity index (χ0) is 11.3. The van der Waals surface area contributed by atoms with Gasteiger partial charge in [-0.2, -0.15) is 0 Å². The van der Waals surface area contributed by atoms with Gasteiger partial charge < -0.3 is 16.6 Å². The predicted molar refractivity (Wildman–Crippen MR) is 58.3 cm³/mol. The van der Waals surface area contributed by atoms with Crippen molar-refractivity contribution < 1.29 is 9.90 Å². The van der Waals surface area contributed by atoms with Gasteiger partial charge in [-0.25, -0.2) is 9.78 Å². The lowest BCUT2D eigenvalue weighted by atomic mass is 10.1. The summed E-state index contributed by atoms with van der Waals surface area (Å²) >= 11 is 0. The van der Waals surface area contributed by atoms with Crippen LogP contribution in [0.15, 0.2) is 18.3 Å². The highest BCUT2D eigenvalue weighted by Crippen LogP contribution is 2.12. The Morgan fingerprint density at radius 2 is 2.33 bits per heavy atom. The van der Waals surface area contributed by atoms with E-state index in [1.54, 1.807) is 6.08 Å². The van der Waals surface area contributed by atoms with Crippen molar-refractivity contribution in [2.45, 2.75) is 6.42 Å². The van der Waals surface area contributed by atoms with E-state index in [0.717, 1.165) is 6.42 Å². The van der Waals surface area contributed by atoms with Crippen molar-refractivity contribution >= 4 is 17.9 Å². The molecular weight excluding hydrogens is 194 g/mol. The molecule has 5 nitrogen and oxygen atoms in total. The van der Waals surface area contributed by atoms with Crippen LogP contribution in [0.2, 0.25) is 0 Å². The Balaban J connectivity index is 2.92. The first kappa shape index (κ1) is 11.2. The predicted octanol–water partition coefficient (Wildman–Crippen LogP) is 0.724. The standard InChI is InChI=1S/C10H13N3O2/c11-4-2-1-3-7-5-8(10(14)15)9(12)13-6-7/h1,3,5-6H,2,4,11H2,(H2,12,13)(H,14,15). The number of carboxylic acid groups (broad SMARTS) is 1. The minimum atomic E-state index is -1.07. The molecule has 15 heavy (non-hydrogen) atoms. The first-order chi connectivity index (χ1) is 7.15. The molecule has 0 amide bonds. The van der Waals surface area contributed by atoms with Crippen molar-refractivity contribution in [2.75, 3.05) is 12.3 Å². The first-order valence-electron chi connectivity index (χ1n) is 4.50. The van der Waals surface area contributed by atoms with Crippen LogP contribution in [0.5, 0.6) is 0 Å². The van der Waals surface area contributed by atoms with Crippen LogP contribution in [0.25, 0.3) is 6.08 Å². The number of aromatic nitrogens is 1. The molecule has 0 fully saturated rings. The molecule has 0 bridgehead atoms. The van der Waals surface area contributed by atoms with E-state index in [1.165, 1.54) is 12.3 Å². The van der Waals surface area contributed by atoms with E-state index < -0.39 is 5.97 Å². The molecule has 0 radical (unpaired) electrons. The highest BCUT2D eigenvalue weighted by atomic mass is 16.4. The van der Waals surface area contributed by atoms with E-state index in [1.807, 2.05) is 6.08 Å². The molecule has 1 rings (SSSR count). The van der Waals surface area contributed by atoms with Gasteiger partial charge in [0.05, 0.1) is 0 Å². The van der Waals surface area contributed by atoms with Gasteiger partial charge >= 0.3 is 5.97 Å². The van der Waals surface area contributed by atoms with E-state index in [0.29, 0.717) is 12.1 Å². The van der Waals surface area contributed by atoms with Gasteiger partial charge in [0.15, 0.2) is 0 Å². The molecule has 0 saturated carbocycles. The zero-order valence-electron chi connectivity index (χ0n) is 8.18. The number of aromatic carboxylic acids is 1. The van der Waals surface area contributed by atoms with Crippen molar-refractivity contribution in [1.82, 2.24) is 4.98 Å². The lowest BCUT2D eigenvalue weighted by Gasteiger charge is -2.00. The third kappa shape index (κ3) is 3.07. The Hall–Kier alpha value is -1.88. The van der Waals surface area contributed by atoms with Crippen LogP contribution in [-0.2, 0) is 0 Å². The normalized spacial score (nSPS) is 10.7. The summed E-state index contributed by atoms with van der Waals surface area (Å²) in [4.78, 5) is 14.5. The number of nitrogens with two attached hydrogens (primary N) is 2. The highest BCUT2D eigenvalue weighted by Gasteiger charge is 2.08. The first-order valence-corrected chi connectivity index (χ1v) is 4.50. The topological polar surface area (TPSA) is 102 Å². The van der Waals surface area contributed by atoms with Crippen LogP contribution in [0, 0.1) is 0 Å². The van der Waals surface area contributed by atoms with E-state index >= 15 is 0 Å². The van der Waals surface area contributed by atoms with E-state index in [9.17, 15) is 4.79 Å². The smallest absolute Gasteiger partial charge is 0.339 e. The molecule has 0 spiro atoms. The maximum atomic E-state index is 10.7. The summed E-state index contributed by atoms with van der Waals surface area (Å²) in [6, 6.07) is 1.48. The van der Waals surface area contributed by atoms with Gasteiger partial charge in [0.1, 0.15) is 11.4 Å². The fourth-order valence-corrected chi connectivity index (χ4v) is 1.07. The number of hydrogen-bond donors (Lipinski definition) is 3. The zero-order valence-corrected chi connectivity index (χ0v) is 8.18. The summed E-state index contributed by atoms with van der Waals surface area (Å²) in [5.41, 5.74) is 11.4. The van der Waals surface area contributed by atoms with E-state index in [2.05, 4.69) is 4.98 Å². The van der Waals surface area contributed by atoms with Gasteiger partial charge in [0.25, 0.3) is 0 Å². The summed E-state index contributed by atoms with van der Waals surface area (Å²) in [7, 11) is 0. The summed E-state index contributed by atoms with van der Waals surface area (Å²) in [6.45, 7) is 0.560. The third-order valence-electron chi connectivity index (χ3n) is 1.81. The third-order valence-corrected chi connectivity index (χ3v) is 1.81. The SMILES string of the molecule is NCCC=Cc1cnc(N)c(C(=O)O)c1. The molecule has 0 aliphatic heterocycles. The molecular formula is C10H13N3O2. The molecule has 0 unspecified atom stereocenters. The number of rotatable bonds is 4. The van der Waals surface area contributed by atoms with Gasteiger partial charge in [0, 0.05) is 6.20 Å². The number of nitrogen functional groups attached to an aromatic ring is 1. The molecule has 0 aliphatic carbocycles. The molecule has 0 aromatic carbocycles. The molecule has 1 aromatic rings. The number of hydrogen-bond acceptors (Lipinski definition) is 4. The van der Waals surface area contributed by atoms with Crippen LogP contribution in [0.1, 0.15) is 22.3 Å². The average molecular weight is 207 g/mol. The Bertz CT molecular complexity index is 388. The molecule has 0 aliphatic rings. The van der Waals surface area contributed by atoms with Crippen LogP contribution < -0.4 is 11.5 Å². The van der Waals surface area contributed by atoms with Crippen molar-refractivity contribution in [3.05, 3.63) is 29.5 Å². The fraction of sp³-hybridized carbons (Fsp3) is 0.200. The Morgan fingerprint density at radius 1 is 1.60 bits per heavy atom. The maximum Gasteiger partial charge on any atom is 0.339 e. The number of carboxylic acids is 1. The van der Waals surface area contributed by atoms with Crippen LogP contribution in [0.4, 0.5) is 5.82 Å². The summed E-state index contributed by atoms with van der Waals surface area (Å²) in [6.07, 6.45) is 5.89. The van der Waals surface area contributed by atoms with Crippen LogP contribution >= 0.6 is 0 Å². The molecule has 5 heteroatoms. The van der Waals surface area contributed by atoms with Crippen molar-refractivity contribution in [3.63, 3.8) is 0 Å². The molecule has 80 valence electrons. The van der Waals surface area contributed by atoms with E-state index in [-0.39, 0.29) is 11.4 Å². The summed E-state index contributed by atoms with van der Waals surface area (Å²) < 4.78 is 0. The maximum absolute atomic E-state index is 10.7. The van der Waals surface area contributed by atoms with Gasteiger partial charge in [-0.1, -0.05) is 12.2 Å². The molecule has 1 heterocycles. The Labute approximate surface area is 87.4 Å². The number of nitrogens with zero attached hydrogens (tertiary/aromatic N) is 1. The molecule has 1 aromatic heterocycles. The largest absolute Gasteiger partial charge is 0.478 e. The monoisotopic (exact) mass is 207 g/mol. The van der Waals surface area contributed by atoms with E-state index in [4.69, 9.17) is 16.6 Å². The van der Waals surface area contributed by atoms with Gasteiger partial charge in [-0.05, 0) is 24.6 Å². The minimum Gasteiger partial charge on any atom is -0.478 e. The van der Waals surface area contributed by atoms with Crippen molar-refractivity contribution in [2.24, 2.45) is 5.73 Å². The quantitative estimate of drug-likeness (QED) is 0.675. The lowest BCUT2D eigenvalue weighted by Crippen LogP contribution is -2.04. The molecule has 0 atom stereocenters. The summed E-state index contributed by atoms with van der Waals surface area (Å²) in [5, 5.41) is 8.80. The molecule has 0 saturated heterocycles. The second-order valence-corrected chi connectivity index (χ2v) is 2.99. The number of anilines is 1. The van der Waals surface area contributed by atoms with Gasteiger partial charge in [-0.3, -0.25) is 0 Å². The van der Waals surface area contributed by atoms with Crippen molar-refractivity contribution in [1.29, 1.82) is 0 Å². The summed E-state index contributed by atoms with van der Waals surface area (Å²) in [5.74, 6) is -1.05. The van der Waals surface area contributed by atoms with Gasteiger partial charge in [-0.15, -0.1) is 0 Å². The second-order valence-electron chi connectivity index (χ2n) is 2.99. The second kappa shape index (κ2) is 5.11. The van der Waals surface area contributed by atoms with Crippen LogP contribution in [-0.4, -0.2) is 22.6 Å². The fourth-order valence-electron chi connectivity index (χ4n) is 1.07. The highest BCUT2D eigenvalue weighted by molar-refractivity contribution is 5.93. The average Bonchev–Trinajstić information content (AvgIpc) is 2.20. The Kier molecular flexibility index (Phi) is 3.82. The van der Waals surface area contributed by atoms with Crippen molar-refractivity contribution in [3.8, 4) is 0 Å². The number of carbonyl (C=O) groups is 1. The minimum absolute atomic E-state index is 0.0184. The lowest BCUT2D eigenvalue weighted by molar-refractivity contribution is 0.0697. The Morgan fingerprint density at radius 3 is 2.93 bits per heavy atom. The van der Waals surface area contributed by atoms with Gasteiger partial charge in [0.2, 0.25) is 0 Å². The molecule has 5 N–H and O–H groups in total. The number of pyridine rings is 1.